The first-order valence-electron chi connectivity index (χ1n) is 2.19. The molecule has 5 heteroatoms. The molecule has 0 radical (unpaired) electrons. The molecule has 54 valence electrons. The van der Waals surface area contributed by atoms with Crippen LogP contribution in [0.25, 0.3) is 0 Å². The number of primary amides is 1. The van der Waals surface area contributed by atoms with Crippen molar-refractivity contribution in [1.29, 1.82) is 0 Å². The average Bonchev–Trinajstić information content (AvgIpc) is 1.61. The van der Waals surface area contributed by atoms with Gasteiger partial charge in [-0.1, -0.05) is 0 Å². The molecule has 0 aromatic heterocycles. The van der Waals surface area contributed by atoms with Crippen LogP contribution in [0.4, 0.5) is 4.79 Å². The molecule has 0 aliphatic rings. The maximum absolute atomic E-state index is 9.91. The van der Waals surface area contributed by atoms with E-state index in [9.17, 15) is 4.79 Å². The Balaban J connectivity index is 0. The minimum Gasteiger partial charge on any atom is -0.350 e. The van der Waals surface area contributed by atoms with Crippen molar-refractivity contribution in [2.24, 2.45) is 10.8 Å². The lowest BCUT2D eigenvalue weighted by Crippen LogP contribution is -2.24. The van der Waals surface area contributed by atoms with Crippen LogP contribution in [-0.2, 0) is 0 Å². The molecule has 0 aromatic carbocycles. The molecule has 0 unspecified atom stereocenters. The molecule has 0 rings (SSSR count). The molecule has 3 N–H and O–H groups in total. The van der Waals surface area contributed by atoms with Crippen LogP contribution in [0.15, 0.2) is 5.10 Å². The Bertz CT molecular complexity index is 119. The second kappa shape index (κ2) is 5.43. The molecular formula is C4H11N3OS. The first-order chi connectivity index (χ1) is 3.63. The molecular weight excluding hydrogens is 138 g/mol. The molecule has 0 saturated heterocycles. The van der Waals surface area contributed by atoms with Crippen molar-refractivity contribution in [3.05, 3.63) is 0 Å². The van der Waals surface area contributed by atoms with Crippen molar-refractivity contribution >= 4 is 25.2 Å². The Morgan fingerprint density at radius 2 is 2.00 bits per heavy atom. The quantitative estimate of drug-likeness (QED) is 0.405. The van der Waals surface area contributed by atoms with Gasteiger partial charge in [-0.25, -0.2) is 10.2 Å². The first-order valence-corrected chi connectivity index (χ1v) is 2.19. The molecule has 0 aromatic rings. The van der Waals surface area contributed by atoms with Crippen LogP contribution < -0.4 is 11.2 Å². The van der Waals surface area contributed by atoms with E-state index >= 15 is 0 Å². The van der Waals surface area contributed by atoms with E-state index in [0.29, 0.717) is 0 Å². The van der Waals surface area contributed by atoms with Gasteiger partial charge in [0.05, 0.1) is 0 Å². The highest BCUT2D eigenvalue weighted by atomic mass is 32.1. The summed E-state index contributed by atoms with van der Waals surface area (Å²) in [4.78, 5) is 9.91. The average molecular weight is 149 g/mol. The van der Waals surface area contributed by atoms with Crippen LogP contribution >= 0.6 is 13.5 Å². The Labute approximate surface area is 60.9 Å². The van der Waals surface area contributed by atoms with Crippen LogP contribution in [-0.4, -0.2) is 11.7 Å². The van der Waals surface area contributed by atoms with Gasteiger partial charge in [0.25, 0.3) is 0 Å². The van der Waals surface area contributed by atoms with E-state index in [1.54, 1.807) is 13.8 Å². The molecule has 0 bridgehead atoms. The number of nitrogens with zero attached hydrogens (tertiary/aromatic N) is 1. The van der Waals surface area contributed by atoms with E-state index in [4.69, 9.17) is 0 Å². The fourth-order valence-electron chi connectivity index (χ4n) is 0.167. The van der Waals surface area contributed by atoms with Gasteiger partial charge in [-0.3, -0.25) is 0 Å². The summed E-state index contributed by atoms with van der Waals surface area (Å²) in [6.07, 6.45) is 0. The summed E-state index contributed by atoms with van der Waals surface area (Å²) < 4.78 is 0. The molecule has 0 fully saturated rings. The maximum Gasteiger partial charge on any atom is 0.332 e. The standard InChI is InChI=1S/C4H9N3O.H2S/c1-3(2)6-7-4(5)8;/h1-2H3,(H3,5,7,8);1H2. The van der Waals surface area contributed by atoms with Gasteiger partial charge in [0.1, 0.15) is 0 Å². The van der Waals surface area contributed by atoms with Gasteiger partial charge in [0, 0.05) is 5.71 Å². The minimum atomic E-state index is -0.633. The lowest BCUT2D eigenvalue weighted by molar-refractivity contribution is 0.249. The van der Waals surface area contributed by atoms with E-state index < -0.39 is 6.03 Å². The topological polar surface area (TPSA) is 67.5 Å². The van der Waals surface area contributed by atoms with Crippen LogP contribution in [0, 0.1) is 0 Å². The van der Waals surface area contributed by atoms with Gasteiger partial charge in [0.15, 0.2) is 0 Å². The summed E-state index contributed by atoms with van der Waals surface area (Å²) in [6, 6.07) is -0.633. The molecule has 4 nitrogen and oxygen atoms in total. The predicted octanol–water partition coefficient (Wildman–Crippen LogP) is 0.163. The summed E-state index contributed by atoms with van der Waals surface area (Å²) in [6.45, 7) is 3.52. The largest absolute Gasteiger partial charge is 0.350 e. The van der Waals surface area contributed by atoms with Crippen molar-refractivity contribution in [2.45, 2.75) is 13.8 Å². The lowest BCUT2D eigenvalue weighted by Gasteiger charge is -1.89. The molecule has 0 atom stereocenters. The number of carbonyl (C=O) groups is 1. The Kier molecular flexibility index (Phi) is 6.71. The van der Waals surface area contributed by atoms with Crippen molar-refractivity contribution < 1.29 is 4.79 Å². The first kappa shape index (κ1) is 11.1. The highest BCUT2D eigenvalue weighted by Gasteiger charge is 1.82. The van der Waals surface area contributed by atoms with Gasteiger partial charge in [-0.15, -0.1) is 0 Å². The molecule has 9 heavy (non-hydrogen) atoms. The van der Waals surface area contributed by atoms with E-state index in [1.807, 2.05) is 0 Å². The minimum absolute atomic E-state index is 0. The number of urea groups is 1. The van der Waals surface area contributed by atoms with Crippen molar-refractivity contribution in [2.75, 3.05) is 0 Å². The third-order valence-electron chi connectivity index (χ3n) is 0.390. The summed E-state index contributed by atoms with van der Waals surface area (Å²) in [5, 5.41) is 3.52. The Morgan fingerprint density at radius 3 is 2.11 bits per heavy atom. The van der Waals surface area contributed by atoms with Gasteiger partial charge in [0.2, 0.25) is 0 Å². The van der Waals surface area contributed by atoms with Gasteiger partial charge in [-0.2, -0.15) is 18.6 Å². The highest BCUT2D eigenvalue weighted by molar-refractivity contribution is 7.59. The number of nitrogens with one attached hydrogen (secondary N) is 1. The second-order valence-corrected chi connectivity index (χ2v) is 1.54. The zero-order chi connectivity index (χ0) is 6.57. The molecule has 0 aliphatic carbocycles. The number of nitrogens with two attached hydrogens (primary N) is 1. The summed E-state index contributed by atoms with van der Waals surface area (Å²) in [7, 11) is 0. The molecule has 0 saturated carbocycles. The normalized spacial score (nSPS) is 6.89. The van der Waals surface area contributed by atoms with Crippen LogP contribution in [0.3, 0.4) is 0 Å². The zero-order valence-electron chi connectivity index (χ0n) is 5.43. The third-order valence-corrected chi connectivity index (χ3v) is 0.390. The number of hydrogen-bond donors (Lipinski definition) is 2. The maximum atomic E-state index is 9.91. The summed E-state index contributed by atoms with van der Waals surface area (Å²) in [5.41, 5.74) is 7.52. The van der Waals surface area contributed by atoms with Crippen LogP contribution in [0.1, 0.15) is 13.8 Å². The Hall–Kier alpha value is -0.710. The molecule has 0 spiro atoms. The molecule has 2 amide bonds. The number of carbonyl (C=O) groups excluding carboxylic acids is 1. The van der Waals surface area contributed by atoms with Crippen molar-refractivity contribution in [1.82, 2.24) is 5.43 Å². The van der Waals surface area contributed by atoms with E-state index in [-0.39, 0.29) is 13.5 Å². The van der Waals surface area contributed by atoms with Gasteiger partial charge < -0.3 is 5.73 Å². The third kappa shape index (κ3) is 11.1. The zero-order valence-corrected chi connectivity index (χ0v) is 6.43. The van der Waals surface area contributed by atoms with Crippen LogP contribution in [0.5, 0.6) is 0 Å². The lowest BCUT2D eigenvalue weighted by atomic mass is 10.5. The number of amides is 2. The number of hydrogen-bond acceptors (Lipinski definition) is 2. The summed E-state index contributed by atoms with van der Waals surface area (Å²) in [5.74, 6) is 0. The fraction of sp³-hybridized carbons (Fsp3) is 0.500. The number of rotatable bonds is 1. The van der Waals surface area contributed by atoms with Crippen LogP contribution in [0.2, 0.25) is 0 Å². The SMILES string of the molecule is CC(C)=NNC(N)=O.S. The molecule has 0 heterocycles. The predicted molar refractivity (Wildman–Crippen MR) is 41.9 cm³/mol. The molecule has 0 aliphatic heterocycles. The van der Waals surface area contributed by atoms with E-state index in [2.05, 4.69) is 16.3 Å². The summed E-state index contributed by atoms with van der Waals surface area (Å²) >= 11 is 0. The van der Waals surface area contributed by atoms with Gasteiger partial charge >= 0.3 is 6.03 Å². The van der Waals surface area contributed by atoms with Gasteiger partial charge in [-0.05, 0) is 13.8 Å². The van der Waals surface area contributed by atoms with E-state index in [0.717, 1.165) is 5.71 Å². The van der Waals surface area contributed by atoms with Crippen molar-refractivity contribution in [3.8, 4) is 0 Å². The Morgan fingerprint density at radius 1 is 1.56 bits per heavy atom. The monoisotopic (exact) mass is 149 g/mol. The second-order valence-electron chi connectivity index (χ2n) is 1.54. The smallest absolute Gasteiger partial charge is 0.332 e. The highest BCUT2D eigenvalue weighted by Crippen LogP contribution is 1.66. The van der Waals surface area contributed by atoms with E-state index in [1.165, 1.54) is 0 Å². The fourth-order valence-corrected chi connectivity index (χ4v) is 0.167. The van der Waals surface area contributed by atoms with Crippen molar-refractivity contribution in [3.63, 3.8) is 0 Å². The number of hydrazone groups is 1.